The zero-order chi connectivity index (χ0) is 16.8. The first-order chi connectivity index (χ1) is 11.8. The highest BCUT2D eigenvalue weighted by Crippen LogP contribution is 2.27. The Balaban J connectivity index is 1.78. The van der Waals surface area contributed by atoms with Crippen molar-refractivity contribution in [2.75, 3.05) is 50.9 Å². The number of rotatable bonds is 6. The minimum Gasteiger partial charge on any atom is -0.381 e. The maximum atomic E-state index is 13.4. The molecule has 2 aliphatic rings. The molecule has 0 aromatic heterocycles. The molecule has 2 aliphatic heterocycles. The lowest BCUT2D eigenvalue weighted by atomic mass is 10.0. The molecule has 3 rings (SSSR count). The zero-order valence-electron chi connectivity index (χ0n) is 14.5. The highest BCUT2D eigenvalue weighted by molar-refractivity contribution is 7.99. The summed E-state index contributed by atoms with van der Waals surface area (Å²) >= 11 is 1.98. The number of amides is 1. The molecule has 0 N–H and O–H groups in total. The van der Waals surface area contributed by atoms with Gasteiger partial charge in [-0.1, -0.05) is 30.3 Å². The van der Waals surface area contributed by atoms with Gasteiger partial charge in [0, 0.05) is 50.2 Å². The van der Waals surface area contributed by atoms with Crippen molar-refractivity contribution in [1.29, 1.82) is 0 Å². The van der Waals surface area contributed by atoms with Crippen LogP contribution < -0.4 is 0 Å². The summed E-state index contributed by atoms with van der Waals surface area (Å²) in [6, 6.07) is 10.1. The van der Waals surface area contributed by atoms with Crippen LogP contribution in [0.4, 0.5) is 0 Å². The fraction of sp³-hybridized carbons (Fsp3) is 0.632. The molecule has 0 aliphatic carbocycles. The monoisotopic (exact) mass is 348 g/mol. The predicted molar refractivity (Wildman–Crippen MR) is 99.3 cm³/mol. The normalized spacial score (nSPS) is 23.1. The second kappa shape index (κ2) is 8.88. The molecule has 1 aromatic rings. The van der Waals surface area contributed by atoms with E-state index in [1.165, 1.54) is 0 Å². The van der Waals surface area contributed by atoms with Crippen LogP contribution in [0.3, 0.4) is 0 Å². The summed E-state index contributed by atoms with van der Waals surface area (Å²) in [5.41, 5.74) is 1.12. The third-order valence-electron chi connectivity index (χ3n) is 4.96. The van der Waals surface area contributed by atoms with Crippen molar-refractivity contribution in [3.8, 4) is 0 Å². The van der Waals surface area contributed by atoms with Crippen molar-refractivity contribution in [2.45, 2.75) is 19.4 Å². The molecular formula is C19H28N2O2S. The average molecular weight is 349 g/mol. The molecule has 0 spiro atoms. The van der Waals surface area contributed by atoms with Gasteiger partial charge in [0.1, 0.15) is 6.04 Å². The van der Waals surface area contributed by atoms with Gasteiger partial charge in [0.2, 0.25) is 5.91 Å². The van der Waals surface area contributed by atoms with Gasteiger partial charge in [-0.2, -0.15) is 11.8 Å². The molecule has 24 heavy (non-hydrogen) atoms. The summed E-state index contributed by atoms with van der Waals surface area (Å²) < 4.78 is 5.49. The molecule has 2 heterocycles. The summed E-state index contributed by atoms with van der Waals surface area (Å²) in [5.74, 6) is 2.96. The molecule has 0 unspecified atom stereocenters. The SMILES string of the molecule is CCN(C[C@@H]1CCOC1)C(=O)[C@@H](c1ccccc1)N1CCSCC1. The first-order valence-corrected chi connectivity index (χ1v) is 10.2. The van der Waals surface area contributed by atoms with Crippen LogP contribution in [-0.4, -0.2) is 66.6 Å². The Labute approximate surface area is 149 Å². The largest absolute Gasteiger partial charge is 0.381 e. The van der Waals surface area contributed by atoms with Crippen LogP contribution in [0, 0.1) is 5.92 Å². The zero-order valence-corrected chi connectivity index (χ0v) is 15.3. The first-order valence-electron chi connectivity index (χ1n) is 9.03. The van der Waals surface area contributed by atoms with Crippen molar-refractivity contribution in [3.63, 3.8) is 0 Å². The number of ether oxygens (including phenoxy) is 1. The molecule has 2 saturated heterocycles. The number of likely N-dealkylation sites (N-methyl/N-ethyl adjacent to an activating group) is 1. The van der Waals surface area contributed by atoms with Gasteiger partial charge in [-0.05, 0) is 18.9 Å². The Morgan fingerprint density at radius 3 is 2.71 bits per heavy atom. The molecule has 1 aromatic carbocycles. The van der Waals surface area contributed by atoms with Gasteiger partial charge < -0.3 is 9.64 Å². The molecular weight excluding hydrogens is 320 g/mol. The van der Waals surface area contributed by atoms with Crippen molar-refractivity contribution in [2.24, 2.45) is 5.92 Å². The highest BCUT2D eigenvalue weighted by Gasteiger charge is 2.33. The first kappa shape index (κ1) is 17.8. The highest BCUT2D eigenvalue weighted by atomic mass is 32.2. The number of hydrogen-bond acceptors (Lipinski definition) is 4. The molecule has 4 nitrogen and oxygen atoms in total. The number of benzene rings is 1. The van der Waals surface area contributed by atoms with E-state index in [0.29, 0.717) is 5.92 Å². The lowest BCUT2D eigenvalue weighted by Crippen LogP contribution is -2.47. The summed E-state index contributed by atoms with van der Waals surface area (Å²) in [6.45, 7) is 7.27. The third-order valence-corrected chi connectivity index (χ3v) is 5.90. The van der Waals surface area contributed by atoms with E-state index in [-0.39, 0.29) is 11.9 Å². The van der Waals surface area contributed by atoms with Crippen molar-refractivity contribution >= 4 is 17.7 Å². The summed E-state index contributed by atoms with van der Waals surface area (Å²) in [6.07, 6.45) is 1.07. The maximum absolute atomic E-state index is 13.4. The molecule has 5 heteroatoms. The fourth-order valence-electron chi connectivity index (χ4n) is 3.57. The van der Waals surface area contributed by atoms with E-state index in [0.717, 1.165) is 62.9 Å². The van der Waals surface area contributed by atoms with E-state index < -0.39 is 0 Å². The van der Waals surface area contributed by atoms with Crippen LogP contribution in [0.25, 0.3) is 0 Å². The Bertz CT molecular complexity index is 513. The van der Waals surface area contributed by atoms with E-state index in [9.17, 15) is 4.79 Å². The number of carbonyl (C=O) groups is 1. The van der Waals surface area contributed by atoms with Crippen LogP contribution >= 0.6 is 11.8 Å². The van der Waals surface area contributed by atoms with E-state index in [2.05, 4.69) is 24.0 Å². The number of carbonyl (C=O) groups excluding carboxylic acids is 1. The molecule has 0 bridgehead atoms. The maximum Gasteiger partial charge on any atom is 0.244 e. The Morgan fingerprint density at radius 2 is 2.08 bits per heavy atom. The van der Waals surface area contributed by atoms with Gasteiger partial charge in [0.05, 0.1) is 6.61 Å². The van der Waals surface area contributed by atoms with Gasteiger partial charge in [-0.15, -0.1) is 0 Å². The number of thioether (sulfide) groups is 1. The van der Waals surface area contributed by atoms with E-state index in [4.69, 9.17) is 4.74 Å². The van der Waals surface area contributed by atoms with Gasteiger partial charge in [0.15, 0.2) is 0 Å². The van der Waals surface area contributed by atoms with Crippen molar-refractivity contribution in [3.05, 3.63) is 35.9 Å². The quantitative estimate of drug-likeness (QED) is 0.791. The number of nitrogens with zero attached hydrogens (tertiary/aromatic N) is 2. The Kier molecular flexibility index (Phi) is 6.58. The molecule has 2 fully saturated rings. The minimum atomic E-state index is -0.144. The lowest BCUT2D eigenvalue weighted by molar-refractivity contribution is -0.137. The van der Waals surface area contributed by atoms with Crippen LogP contribution in [0.1, 0.15) is 24.9 Å². The molecule has 2 atom stereocenters. The van der Waals surface area contributed by atoms with E-state index in [1.807, 2.05) is 34.9 Å². The van der Waals surface area contributed by atoms with Crippen molar-refractivity contribution < 1.29 is 9.53 Å². The molecule has 0 radical (unpaired) electrons. The molecule has 1 amide bonds. The summed E-state index contributed by atoms with van der Waals surface area (Å²) in [7, 11) is 0. The standard InChI is InChI=1S/C19H28N2O2S/c1-2-20(14-16-8-11-23-15-16)19(22)18(17-6-4-3-5-7-17)21-9-12-24-13-10-21/h3-7,16,18H,2,8-15H2,1H3/t16-,18+/m0/s1. The van der Waals surface area contributed by atoms with Gasteiger partial charge in [-0.3, -0.25) is 9.69 Å². The fourth-order valence-corrected chi connectivity index (χ4v) is 4.50. The second-order valence-corrected chi connectivity index (χ2v) is 7.79. The Morgan fingerprint density at radius 1 is 1.33 bits per heavy atom. The van der Waals surface area contributed by atoms with E-state index >= 15 is 0 Å². The van der Waals surface area contributed by atoms with Gasteiger partial charge in [-0.25, -0.2) is 0 Å². The number of hydrogen-bond donors (Lipinski definition) is 0. The van der Waals surface area contributed by atoms with Crippen LogP contribution in [-0.2, 0) is 9.53 Å². The van der Waals surface area contributed by atoms with Crippen molar-refractivity contribution in [1.82, 2.24) is 9.80 Å². The predicted octanol–water partition coefficient (Wildman–Crippen LogP) is 2.66. The Hall–Kier alpha value is -1.04. The van der Waals surface area contributed by atoms with Crippen LogP contribution in [0.15, 0.2) is 30.3 Å². The third kappa shape index (κ3) is 4.32. The molecule has 0 saturated carbocycles. The van der Waals surface area contributed by atoms with Crippen LogP contribution in [0.5, 0.6) is 0 Å². The second-order valence-electron chi connectivity index (χ2n) is 6.57. The molecule has 132 valence electrons. The average Bonchev–Trinajstić information content (AvgIpc) is 3.15. The smallest absolute Gasteiger partial charge is 0.244 e. The van der Waals surface area contributed by atoms with Gasteiger partial charge in [0.25, 0.3) is 0 Å². The summed E-state index contributed by atoms with van der Waals surface area (Å²) in [5, 5.41) is 0. The van der Waals surface area contributed by atoms with Crippen LogP contribution in [0.2, 0.25) is 0 Å². The lowest BCUT2D eigenvalue weighted by Gasteiger charge is -2.37. The van der Waals surface area contributed by atoms with Gasteiger partial charge >= 0.3 is 0 Å². The topological polar surface area (TPSA) is 32.8 Å². The summed E-state index contributed by atoms with van der Waals surface area (Å²) in [4.78, 5) is 17.8. The minimum absolute atomic E-state index is 0.144. The van der Waals surface area contributed by atoms with E-state index in [1.54, 1.807) is 0 Å².